The van der Waals surface area contributed by atoms with Crippen molar-refractivity contribution in [2.75, 3.05) is 38.0 Å². The highest BCUT2D eigenvalue weighted by Gasteiger charge is 2.32. The molecule has 2 aromatic carbocycles. The molecule has 10 heteroatoms. The summed E-state index contributed by atoms with van der Waals surface area (Å²) in [5.41, 5.74) is 3.26. The normalized spacial score (nSPS) is 16.0. The highest BCUT2D eigenvalue weighted by molar-refractivity contribution is 7.89. The molecule has 0 aliphatic carbocycles. The fourth-order valence-electron chi connectivity index (χ4n) is 5.67. The van der Waals surface area contributed by atoms with Gasteiger partial charge >= 0.3 is 0 Å². The highest BCUT2D eigenvalue weighted by Crippen LogP contribution is 2.39. The fourth-order valence-corrected chi connectivity index (χ4v) is 8.40. The molecule has 8 nitrogen and oxygen atoms in total. The van der Waals surface area contributed by atoms with Crippen LogP contribution in [-0.4, -0.2) is 67.1 Å². The molecule has 0 atom stereocenters. The van der Waals surface area contributed by atoms with Crippen LogP contribution >= 0.6 is 11.3 Å². The van der Waals surface area contributed by atoms with Crippen molar-refractivity contribution in [2.24, 2.45) is 0 Å². The second kappa shape index (κ2) is 12.9. The first-order valence-electron chi connectivity index (χ1n) is 14.4. The zero-order chi connectivity index (χ0) is 29.0. The van der Waals surface area contributed by atoms with E-state index >= 15 is 0 Å². The average molecular weight is 595 g/mol. The average Bonchev–Trinajstić information content (AvgIpc) is 3.35. The van der Waals surface area contributed by atoms with Gasteiger partial charge in [0.05, 0.1) is 10.5 Å². The number of carbonyl (C=O) groups is 2. The summed E-state index contributed by atoms with van der Waals surface area (Å²) in [5.74, 6) is -0.362. The molecule has 0 spiro atoms. The lowest BCUT2D eigenvalue weighted by Crippen LogP contribution is -2.37. The molecular formula is C31H38N4O4S2. The van der Waals surface area contributed by atoms with E-state index in [1.54, 1.807) is 13.8 Å². The Balaban J connectivity index is 1.40. The second-order valence-electron chi connectivity index (χ2n) is 10.6. The van der Waals surface area contributed by atoms with Crippen LogP contribution in [0, 0.1) is 0 Å². The Morgan fingerprint density at radius 1 is 0.927 bits per heavy atom. The molecule has 5 rings (SSSR count). The number of likely N-dealkylation sites (tertiary alicyclic amines) is 1. The molecule has 3 aromatic rings. The van der Waals surface area contributed by atoms with Crippen molar-refractivity contribution in [1.82, 2.24) is 14.1 Å². The fraction of sp³-hybridized carbons (Fsp3) is 0.419. The van der Waals surface area contributed by atoms with Gasteiger partial charge in [-0.1, -0.05) is 44.2 Å². The van der Waals surface area contributed by atoms with E-state index in [9.17, 15) is 18.0 Å². The first-order chi connectivity index (χ1) is 19.8. The molecule has 3 heterocycles. The van der Waals surface area contributed by atoms with Crippen LogP contribution in [0.4, 0.5) is 5.00 Å². The molecule has 2 aliphatic heterocycles. The second-order valence-corrected chi connectivity index (χ2v) is 13.6. The number of hydrogen-bond acceptors (Lipinski definition) is 6. The first-order valence-corrected chi connectivity index (χ1v) is 16.7. The number of hydrogen-bond donors (Lipinski definition) is 1. The summed E-state index contributed by atoms with van der Waals surface area (Å²) in [4.78, 5) is 32.8. The van der Waals surface area contributed by atoms with Gasteiger partial charge in [-0.15, -0.1) is 11.3 Å². The number of thiophene rings is 1. The number of benzene rings is 2. The predicted molar refractivity (Wildman–Crippen MR) is 163 cm³/mol. The lowest BCUT2D eigenvalue weighted by molar-refractivity contribution is 0.0724. The number of nitrogens with zero attached hydrogens (tertiary/aromatic N) is 3. The van der Waals surface area contributed by atoms with E-state index < -0.39 is 10.0 Å². The van der Waals surface area contributed by atoms with Gasteiger partial charge in [0, 0.05) is 56.3 Å². The van der Waals surface area contributed by atoms with Gasteiger partial charge in [-0.05, 0) is 61.1 Å². The van der Waals surface area contributed by atoms with Gasteiger partial charge < -0.3 is 10.2 Å². The third-order valence-corrected chi connectivity index (χ3v) is 11.1. The van der Waals surface area contributed by atoms with Gasteiger partial charge in [-0.2, -0.15) is 4.31 Å². The Kier molecular flexibility index (Phi) is 9.23. The Morgan fingerprint density at radius 2 is 1.61 bits per heavy atom. The van der Waals surface area contributed by atoms with E-state index in [0.717, 1.165) is 68.8 Å². The third kappa shape index (κ3) is 6.40. The smallest absolute Gasteiger partial charge is 0.257 e. The zero-order valence-corrected chi connectivity index (χ0v) is 25.4. The van der Waals surface area contributed by atoms with Crippen molar-refractivity contribution in [3.8, 4) is 0 Å². The molecule has 218 valence electrons. The maximum atomic E-state index is 13.8. The van der Waals surface area contributed by atoms with Crippen molar-refractivity contribution in [3.05, 3.63) is 81.7 Å². The Labute approximate surface area is 247 Å². The van der Waals surface area contributed by atoms with Gasteiger partial charge in [0.1, 0.15) is 5.00 Å². The third-order valence-electron chi connectivity index (χ3n) is 7.93. The molecular weight excluding hydrogens is 556 g/mol. The van der Waals surface area contributed by atoms with Crippen LogP contribution < -0.4 is 5.32 Å². The van der Waals surface area contributed by atoms with Crippen molar-refractivity contribution in [3.63, 3.8) is 0 Å². The van der Waals surface area contributed by atoms with E-state index in [1.165, 1.54) is 45.5 Å². The molecule has 2 aliphatic rings. The molecule has 0 saturated carbocycles. The van der Waals surface area contributed by atoms with Crippen LogP contribution in [0.25, 0.3) is 0 Å². The van der Waals surface area contributed by atoms with Gasteiger partial charge in [-0.25, -0.2) is 8.42 Å². The lowest BCUT2D eigenvalue weighted by Gasteiger charge is -2.29. The Hall–Kier alpha value is -3.05. The summed E-state index contributed by atoms with van der Waals surface area (Å²) in [5, 5.41) is 3.61. The monoisotopic (exact) mass is 594 g/mol. The molecule has 0 unspecified atom stereocenters. The maximum Gasteiger partial charge on any atom is 0.257 e. The van der Waals surface area contributed by atoms with Crippen LogP contribution in [0.15, 0.2) is 59.5 Å². The van der Waals surface area contributed by atoms with Gasteiger partial charge in [0.25, 0.3) is 11.8 Å². The minimum atomic E-state index is -3.61. The Morgan fingerprint density at radius 3 is 2.27 bits per heavy atom. The number of anilines is 1. The summed E-state index contributed by atoms with van der Waals surface area (Å²) < 4.78 is 27.1. The molecule has 1 aromatic heterocycles. The largest absolute Gasteiger partial charge is 0.339 e. The predicted octanol–water partition coefficient (Wildman–Crippen LogP) is 5.22. The van der Waals surface area contributed by atoms with Crippen molar-refractivity contribution in [2.45, 2.75) is 57.5 Å². The summed E-state index contributed by atoms with van der Waals surface area (Å²) in [6, 6.07) is 16.4. The molecule has 41 heavy (non-hydrogen) atoms. The maximum absolute atomic E-state index is 13.8. The summed E-state index contributed by atoms with van der Waals surface area (Å²) in [7, 11) is -3.61. The van der Waals surface area contributed by atoms with Gasteiger partial charge in [0.2, 0.25) is 10.0 Å². The quantitative estimate of drug-likeness (QED) is 0.367. The van der Waals surface area contributed by atoms with Crippen molar-refractivity contribution >= 4 is 38.2 Å². The number of fused-ring (bicyclic) bond motifs is 1. The topological polar surface area (TPSA) is 90.0 Å². The summed E-state index contributed by atoms with van der Waals surface area (Å²) in [6.07, 6.45) is 3.87. The molecule has 1 saturated heterocycles. The molecule has 1 fully saturated rings. The van der Waals surface area contributed by atoms with E-state index in [4.69, 9.17) is 0 Å². The molecule has 0 radical (unpaired) electrons. The lowest BCUT2D eigenvalue weighted by atomic mass is 10.00. The number of sulfonamides is 1. The van der Waals surface area contributed by atoms with Crippen LogP contribution in [0.1, 0.15) is 69.8 Å². The van der Waals surface area contributed by atoms with E-state index in [2.05, 4.69) is 22.3 Å². The first kappa shape index (κ1) is 29.4. The molecule has 2 amide bonds. The summed E-state index contributed by atoms with van der Waals surface area (Å²) >= 11 is 1.49. The number of piperidine rings is 1. The van der Waals surface area contributed by atoms with Crippen LogP contribution in [0.2, 0.25) is 0 Å². The minimum absolute atomic E-state index is 0.00493. The standard InChI is InChI=1S/C31H38N4O4S2/c1-3-35(4-2)41(38,39)25-15-13-24(14-16-25)29(36)32-30-28(31(37)34-18-9-6-10-19-34)26-17-20-33(22-27(26)40-30)21-23-11-7-5-8-12-23/h5,7-8,11-16H,3-4,6,9-10,17-22H2,1-2H3,(H,32,36). The van der Waals surface area contributed by atoms with E-state index in [-0.39, 0.29) is 16.7 Å². The molecule has 1 N–H and O–H groups in total. The SMILES string of the molecule is CCN(CC)S(=O)(=O)c1ccc(C(=O)Nc2sc3c(c2C(=O)N2CCCCC2)CCN(Cc2ccccc2)C3)cc1. The van der Waals surface area contributed by atoms with Gasteiger partial charge in [-0.3, -0.25) is 14.5 Å². The van der Waals surface area contributed by atoms with E-state index in [0.29, 0.717) is 29.2 Å². The van der Waals surface area contributed by atoms with Crippen molar-refractivity contribution in [1.29, 1.82) is 0 Å². The zero-order valence-electron chi connectivity index (χ0n) is 23.8. The van der Waals surface area contributed by atoms with Gasteiger partial charge in [0.15, 0.2) is 0 Å². The van der Waals surface area contributed by atoms with Crippen LogP contribution in [-0.2, 0) is 29.5 Å². The molecule has 0 bridgehead atoms. The van der Waals surface area contributed by atoms with Crippen LogP contribution in [0.3, 0.4) is 0 Å². The van der Waals surface area contributed by atoms with Crippen molar-refractivity contribution < 1.29 is 18.0 Å². The van der Waals surface area contributed by atoms with E-state index in [1.807, 2.05) is 23.1 Å². The number of rotatable bonds is 9. The number of carbonyl (C=O) groups excluding carboxylic acids is 2. The number of amides is 2. The highest BCUT2D eigenvalue weighted by atomic mass is 32.2. The minimum Gasteiger partial charge on any atom is -0.339 e. The summed E-state index contributed by atoms with van der Waals surface area (Å²) in [6.45, 7) is 8.22. The Bertz CT molecular complexity index is 1480. The number of nitrogens with one attached hydrogen (secondary N) is 1. The van der Waals surface area contributed by atoms with Crippen LogP contribution in [0.5, 0.6) is 0 Å².